The van der Waals surface area contributed by atoms with Crippen molar-refractivity contribution in [2.45, 2.75) is 110 Å². The molecule has 0 bridgehead atoms. The van der Waals surface area contributed by atoms with E-state index in [1.165, 1.54) is 25.9 Å². The van der Waals surface area contributed by atoms with Gasteiger partial charge in [-0.05, 0) is 67.2 Å². The molecule has 9 nitrogen and oxygen atoms in total. The van der Waals surface area contributed by atoms with E-state index in [4.69, 9.17) is 28.2 Å². The lowest BCUT2D eigenvalue weighted by molar-refractivity contribution is -0.140. The molecule has 0 saturated carbocycles. The predicted molar refractivity (Wildman–Crippen MR) is 179 cm³/mol. The number of carbonyl (C=O) groups excluding carboxylic acids is 2. The Bertz CT molecular complexity index is 1230. The Labute approximate surface area is 271 Å². The number of hydrogen-bond acceptors (Lipinski definition) is 9. The summed E-state index contributed by atoms with van der Waals surface area (Å²) in [6.07, 6.45) is 7.13. The zero-order valence-corrected chi connectivity index (χ0v) is 31.4. The first-order valence-corrected chi connectivity index (χ1v) is 21.8. The van der Waals surface area contributed by atoms with Crippen molar-refractivity contribution in [2.75, 3.05) is 20.3 Å². The summed E-state index contributed by atoms with van der Waals surface area (Å²) in [5, 5.41) is 19.0. The first-order valence-electron chi connectivity index (χ1n) is 16.0. The van der Waals surface area contributed by atoms with Crippen LogP contribution in [0.5, 0.6) is 0 Å². The van der Waals surface area contributed by atoms with Gasteiger partial charge < -0.3 is 33.3 Å². The highest BCUT2D eigenvalue weighted by Crippen LogP contribution is 2.48. The molecule has 0 aromatic carbocycles. The molecule has 45 heavy (non-hydrogen) atoms. The van der Waals surface area contributed by atoms with Crippen molar-refractivity contribution in [1.29, 1.82) is 0 Å². The zero-order chi connectivity index (χ0) is 34.1. The number of ketones is 1. The van der Waals surface area contributed by atoms with Crippen molar-refractivity contribution >= 4 is 28.4 Å². The lowest BCUT2D eigenvalue weighted by atomic mass is 9.82. The van der Waals surface area contributed by atoms with Gasteiger partial charge in [0.25, 0.3) is 0 Å². The number of carbonyl (C=O) groups is 2. The van der Waals surface area contributed by atoms with Crippen LogP contribution in [-0.4, -0.2) is 71.5 Å². The molecule has 2 heterocycles. The average molecular weight is 665 g/mol. The van der Waals surface area contributed by atoms with Gasteiger partial charge in [0.05, 0.1) is 50.3 Å². The molecule has 0 spiro atoms. The smallest absolute Gasteiger partial charge is 0.337 e. The third-order valence-corrected chi connectivity index (χ3v) is 19.6. The third-order valence-electron chi connectivity index (χ3n) is 10.7. The number of methoxy groups -OCH3 is 1. The molecule has 6 atom stereocenters. The second-order valence-corrected chi connectivity index (χ2v) is 25.2. The molecule has 2 aliphatic carbocycles. The highest BCUT2D eigenvalue weighted by Gasteiger charge is 2.49. The number of rotatable bonds is 8. The molecule has 0 aromatic heterocycles. The summed E-state index contributed by atoms with van der Waals surface area (Å²) >= 11 is 0. The molecule has 2 N–H and O–H groups in total. The van der Waals surface area contributed by atoms with Crippen LogP contribution in [0.25, 0.3) is 0 Å². The van der Waals surface area contributed by atoms with E-state index in [2.05, 4.69) is 73.8 Å². The number of fused-ring (bicyclic) bond motifs is 2. The number of aliphatic hydroxyl groups is 2. The van der Waals surface area contributed by atoms with Gasteiger partial charge in [0.1, 0.15) is 0 Å². The molecular weight excluding hydrogens is 609 g/mol. The SMILES string of the molecule is CC(=O)C1=CO[C@@H](O)[C@@H]2C(CO)=CC[C@H]12.COC(=O)C1=CO[C@@H](O[Si](C)(C)C(C)(C)C)[C@@H]2C(CO[Si](C)(C)C(C)(C)C)=CC[C@H]12. The van der Waals surface area contributed by atoms with Gasteiger partial charge in [0.15, 0.2) is 28.7 Å². The van der Waals surface area contributed by atoms with E-state index in [9.17, 15) is 14.7 Å². The minimum Gasteiger partial charge on any atom is -0.472 e. The second kappa shape index (κ2) is 14.0. The first kappa shape index (κ1) is 37.4. The van der Waals surface area contributed by atoms with E-state index in [0.717, 1.165) is 12.0 Å². The summed E-state index contributed by atoms with van der Waals surface area (Å²) in [7, 11) is -2.54. The molecule has 11 heteroatoms. The normalized spacial score (nSPS) is 28.1. The Hall–Kier alpha value is -2.03. The number of aliphatic hydroxyl groups excluding tert-OH is 2. The molecule has 2 aliphatic heterocycles. The van der Waals surface area contributed by atoms with Crippen LogP contribution in [-0.2, 0) is 32.7 Å². The van der Waals surface area contributed by atoms with E-state index < -0.39 is 29.2 Å². The topological polar surface area (TPSA) is 121 Å². The minimum atomic E-state index is -2.06. The number of ether oxygens (including phenoxy) is 3. The van der Waals surface area contributed by atoms with E-state index in [1.54, 1.807) is 6.26 Å². The lowest BCUT2D eigenvalue weighted by Gasteiger charge is -2.44. The lowest BCUT2D eigenvalue weighted by Crippen LogP contribution is -2.49. The molecule has 0 fully saturated rings. The van der Waals surface area contributed by atoms with Gasteiger partial charge in [-0.2, -0.15) is 0 Å². The predicted octanol–water partition coefficient (Wildman–Crippen LogP) is 6.37. The number of hydrogen-bond donors (Lipinski definition) is 2. The maximum atomic E-state index is 12.4. The quantitative estimate of drug-likeness (QED) is 0.173. The van der Waals surface area contributed by atoms with Gasteiger partial charge in [0, 0.05) is 17.4 Å². The summed E-state index contributed by atoms with van der Waals surface area (Å²) in [5.41, 5.74) is 3.14. The summed E-state index contributed by atoms with van der Waals surface area (Å²) in [5.74, 6) is -0.672. The Kier molecular flexibility index (Phi) is 11.6. The van der Waals surface area contributed by atoms with E-state index in [1.807, 2.05) is 6.08 Å². The maximum Gasteiger partial charge on any atom is 0.337 e. The van der Waals surface area contributed by atoms with E-state index in [-0.39, 0.29) is 52.1 Å². The third kappa shape index (κ3) is 8.10. The Balaban J connectivity index is 0.000000305. The number of Topliss-reactive ketones (excluding diaryl/α,β-unsaturated/α-hetero) is 1. The Morgan fingerprint density at radius 2 is 1.40 bits per heavy atom. The molecule has 4 aliphatic rings. The second-order valence-electron chi connectivity index (χ2n) is 15.6. The Morgan fingerprint density at radius 1 is 0.867 bits per heavy atom. The fourth-order valence-corrected chi connectivity index (χ4v) is 7.79. The van der Waals surface area contributed by atoms with Crippen molar-refractivity contribution < 1.29 is 42.9 Å². The molecule has 4 rings (SSSR count). The highest BCUT2D eigenvalue weighted by atomic mass is 28.4. The van der Waals surface area contributed by atoms with Crippen molar-refractivity contribution in [1.82, 2.24) is 0 Å². The standard InChI is InChI=1S/C23H42O5Si2.C11H14O4/c1-22(2,3)29(8,9)27-14-16-12-13-17-18(20(24)25-7)15-26-21(19(16)17)28-30(10,11)23(4,5)6;1-6(13)9-5-15-11(14)10-7(4-12)2-3-8(9)10/h12,15,17,19,21H,13-14H2,1-11H3;2,5,8,10-12,14H,3-4H2,1H3/t17-,19-,21+;8-,10-,11-/m11/s1. The molecule has 0 amide bonds. The van der Waals surface area contributed by atoms with Gasteiger partial charge in [0.2, 0.25) is 6.29 Å². The van der Waals surface area contributed by atoms with Crippen LogP contribution in [0, 0.1) is 23.7 Å². The van der Waals surface area contributed by atoms with Gasteiger partial charge in [-0.25, -0.2) is 4.79 Å². The monoisotopic (exact) mass is 664 g/mol. The van der Waals surface area contributed by atoms with Crippen molar-refractivity contribution in [3.8, 4) is 0 Å². The zero-order valence-electron chi connectivity index (χ0n) is 29.4. The average Bonchev–Trinajstić information content (AvgIpc) is 3.56. The molecule has 0 saturated heterocycles. The molecule has 0 unspecified atom stereocenters. The fraction of sp³-hybridized carbons (Fsp3) is 0.706. The van der Waals surface area contributed by atoms with Crippen LogP contribution in [0.3, 0.4) is 0 Å². The van der Waals surface area contributed by atoms with Gasteiger partial charge in [-0.3, -0.25) is 4.79 Å². The van der Waals surface area contributed by atoms with Crippen LogP contribution >= 0.6 is 0 Å². The van der Waals surface area contributed by atoms with Crippen LogP contribution < -0.4 is 0 Å². The first-order chi connectivity index (χ1) is 20.7. The summed E-state index contributed by atoms with van der Waals surface area (Å²) < 4.78 is 29.3. The van der Waals surface area contributed by atoms with Crippen molar-refractivity contribution in [3.05, 3.63) is 47.0 Å². The molecule has 0 aromatic rings. The molecule has 0 radical (unpaired) electrons. The molecular formula is C34H56O9Si2. The van der Waals surface area contributed by atoms with Crippen LogP contribution in [0.4, 0.5) is 0 Å². The van der Waals surface area contributed by atoms with Crippen molar-refractivity contribution in [3.63, 3.8) is 0 Å². The van der Waals surface area contributed by atoms with Crippen molar-refractivity contribution in [2.24, 2.45) is 23.7 Å². The summed E-state index contributed by atoms with van der Waals surface area (Å²) in [6, 6.07) is 0. The van der Waals surface area contributed by atoms with E-state index in [0.29, 0.717) is 24.2 Å². The largest absolute Gasteiger partial charge is 0.472 e. The maximum absolute atomic E-state index is 12.4. The van der Waals surface area contributed by atoms with Gasteiger partial charge in [-0.1, -0.05) is 53.7 Å². The van der Waals surface area contributed by atoms with E-state index >= 15 is 0 Å². The minimum absolute atomic E-state index is 0.0129. The fourth-order valence-electron chi connectivity index (χ4n) is 5.69. The number of esters is 1. The summed E-state index contributed by atoms with van der Waals surface area (Å²) in [6.45, 7) is 24.4. The van der Waals surface area contributed by atoms with Crippen LogP contribution in [0.1, 0.15) is 61.3 Å². The van der Waals surface area contributed by atoms with Crippen LogP contribution in [0.15, 0.2) is 47.0 Å². The van der Waals surface area contributed by atoms with Crippen LogP contribution in [0.2, 0.25) is 36.3 Å². The number of allylic oxidation sites excluding steroid dienone is 3. The van der Waals surface area contributed by atoms with Gasteiger partial charge in [-0.15, -0.1) is 0 Å². The molecule has 254 valence electrons. The summed E-state index contributed by atoms with van der Waals surface area (Å²) in [4.78, 5) is 23.7. The highest BCUT2D eigenvalue weighted by molar-refractivity contribution is 6.74. The Morgan fingerprint density at radius 3 is 1.91 bits per heavy atom. The van der Waals surface area contributed by atoms with Gasteiger partial charge >= 0.3 is 5.97 Å².